The van der Waals surface area contributed by atoms with Crippen LogP contribution in [0.2, 0.25) is 0 Å². The van der Waals surface area contributed by atoms with Gasteiger partial charge in [0, 0.05) is 31.8 Å². The Morgan fingerprint density at radius 2 is 1.12 bits per heavy atom. The fourth-order valence-electron chi connectivity index (χ4n) is 1.94. The molecule has 0 aliphatic carbocycles. The molecule has 0 spiro atoms. The van der Waals surface area contributed by atoms with Crippen LogP contribution in [0.25, 0.3) is 0 Å². The van der Waals surface area contributed by atoms with Gasteiger partial charge in [0.25, 0.3) is 0 Å². The summed E-state index contributed by atoms with van der Waals surface area (Å²) in [5.74, 6) is 0. The SMILES string of the molecule is OCCN(CCO)C(CO)(CCO)CCO. The average Bonchev–Trinajstić information content (AvgIpc) is 2.28. The molecule has 0 radical (unpaired) electrons. The monoisotopic (exact) mass is 237 g/mol. The minimum Gasteiger partial charge on any atom is -0.396 e. The van der Waals surface area contributed by atoms with Crippen LogP contribution in [0.5, 0.6) is 0 Å². The van der Waals surface area contributed by atoms with Crippen molar-refractivity contribution in [2.45, 2.75) is 18.4 Å². The highest BCUT2D eigenvalue weighted by atomic mass is 16.3. The van der Waals surface area contributed by atoms with Gasteiger partial charge in [-0.3, -0.25) is 4.90 Å². The molecule has 0 bridgehead atoms. The van der Waals surface area contributed by atoms with E-state index in [1.165, 1.54) is 0 Å². The molecule has 0 saturated heterocycles. The largest absolute Gasteiger partial charge is 0.396 e. The van der Waals surface area contributed by atoms with Crippen LogP contribution in [0.15, 0.2) is 0 Å². The second-order valence-electron chi connectivity index (χ2n) is 3.76. The maximum absolute atomic E-state index is 9.44. The van der Waals surface area contributed by atoms with Crippen LogP contribution in [0.3, 0.4) is 0 Å². The molecule has 0 aromatic carbocycles. The minimum absolute atomic E-state index is 0.0986. The molecule has 0 aliphatic heterocycles. The third-order valence-corrected chi connectivity index (χ3v) is 2.86. The predicted octanol–water partition coefficient (Wildman–Crippen LogP) is -2.23. The lowest BCUT2D eigenvalue weighted by atomic mass is 9.90. The molecule has 0 aliphatic rings. The molecular weight excluding hydrogens is 214 g/mol. The maximum Gasteiger partial charge on any atom is 0.0617 e. The summed E-state index contributed by atoms with van der Waals surface area (Å²) in [4.78, 5) is 1.71. The van der Waals surface area contributed by atoms with Gasteiger partial charge in [-0.05, 0) is 12.8 Å². The molecule has 0 saturated carbocycles. The van der Waals surface area contributed by atoms with Crippen LogP contribution in [0.4, 0.5) is 0 Å². The summed E-state index contributed by atoms with van der Waals surface area (Å²) in [6, 6.07) is 0. The Morgan fingerprint density at radius 1 is 0.688 bits per heavy atom. The fraction of sp³-hybridized carbons (Fsp3) is 1.00. The average molecular weight is 237 g/mol. The molecule has 0 aromatic heterocycles. The normalized spacial score (nSPS) is 12.4. The zero-order valence-electron chi connectivity index (χ0n) is 9.55. The smallest absolute Gasteiger partial charge is 0.0617 e. The molecule has 0 heterocycles. The number of aliphatic hydroxyl groups excluding tert-OH is 5. The first-order valence-corrected chi connectivity index (χ1v) is 5.50. The first-order chi connectivity index (χ1) is 7.70. The number of aliphatic hydroxyl groups is 5. The van der Waals surface area contributed by atoms with Gasteiger partial charge in [0.2, 0.25) is 0 Å². The summed E-state index contributed by atoms with van der Waals surface area (Å²) in [5.41, 5.74) is -0.769. The van der Waals surface area contributed by atoms with Crippen molar-refractivity contribution in [2.75, 3.05) is 46.1 Å². The van der Waals surface area contributed by atoms with Gasteiger partial charge in [0.1, 0.15) is 0 Å². The van der Waals surface area contributed by atoms with Gasteiger partial charge in [0.15, 0.2) is 0 Å². The predicted molar refractivity (Wildman–Crippen MR) is 59.0 cm³/mol. The van der Waals surface area contributed by atoms with E-state index in [0.717, 1.165) is 0 Å². The molecule has 16 heavy (non-hydrogen) atoms. The summed E-state index contributed by atoms with van der Waals surface area (Å²) < 4.78 is 0. The van der Waals surface area contributed by atoms with E-state index < -0.39 is 5.54 Å². The van der Waals surface area contributed by atoms with Crippen molar-refractivity contribution < 1.29 is 25.5 Å². The number of nitrogens with zero attached hydrogens (tertiary/aromatic N) is 1. The van der Waals surface area contributed by atoms with E-state index in [0.29, 0.717) is 25.9 Å². The molecule has 0 atom stereocenters. The lowest BCUT2D eigenvalue weighted by Crippen LogP contribution is -2.54. The molecule has 6 heteroatoms. The second kappa shape index (κ2) is 8.86. The van der Waals surface area contributed by atoms with Crippen LogP contribution >= 0.6 is 0 Å². The molecule has 98 valence electrons. The first-order valence-electron chi connectivity index (χ1n) is 5.50. The van der Waals surface area contributed by atoms with Gasteiger partial charge >= 0.3 is 0 Å². The lowest BCUT2D eigenvalue weighted by molar-refractivity contribution is -0.0218. The van der Waals surface area contributed by atoms with Gasteiger partial charge in [-0.1, -0.05) is 0 Å². The van der Waals surface area contributed by atoms with E-state index in [1.54, 1.807) is 4.90 Å². The van der Waals surface area contributed by atoms with Gasteiger partial charge in [-0.25, -0.2) is 0 Å². The molecule has 6 nitrogen and oxygen atoms in total. The number of β-amino-alcohol motifs (C(OH)–C–C–N with tert-alkyl or cyclic N) is 2. The summed E-state index contributed by atoms with van der Waals surface area (Å²) in [6.45, 7) is -0.0740. The summed E-state index contributed by atoms with van der Waals surface area (Å²) in [5, 5.41) is 45.3. The Morgan fingerprint density at radius 3 is 1.38 bits per heavy atom. The summed E-state index contributed by atoms with van der Waals surface area (Å²) >= 11 is 0. The van der Waals surface area contributed by atoms with E-state index in [1.807, 2.05) is 0 Å². The van der Waals surface area contributed by atoms with E-state index in [-0.39, 0.29) is 33.0 Å². The Labute approximate surface area is 95.8 Å². The van der Waals surface area contributed by atoms with Crippen LogP contribution in [0.1, 0.15) is 12.8 Å². The number of hydrogen-bond acceptors (Lipinski definition) is 6. The van der Waals surface area contributed by atoms with Crippen molar-refractivity contribution in [2.24, 2.45) is 0 Å². The third kappa shape index (κ3) is 4.32. The molecule has 0 aromatic rings. The molecule has 0 amide bonds. The van der Waals surface area contributed by atoms with Crippen molar-refractivity contribution >= 4 is 0 Å². The van der Waals surface area contributed by atoms with Crippen molar-refractivity contribution in [3.05, 3.63) is 0 Å². The highest BCUT2D eigenvalue weighted by molar-refractivity contribution is 4.90. The third-order valence-electron chi connectivity index (χ3n) is 2.86. The van der Waals surface area contributed by atoms with Crippen molar-refractivity contribution in [3.8, 4) is 0 Å². The van der Waals surface area contributed by atoms with Gasteiger partial charge in [-0.2, -0.15) is 0 Å². The molecule has 0 fully saturated rings. The van der Waals surface area contributed by atoms with Crippen LogP contribution in [-0.2, 0) is 0 Å². The standard InChI is InChI=1S/C10H23NO5/c12-5-1-10(9-16,2-6-13)11(3-7-14)4-8-15/h12-16H,1-9H2. The Bertz CT molecular complexity index is 155. The maximum atomic E-state index is 9.44. The van der Waals surface area contributed by atoms with Gasteiger partial charge in [-0.15, -0.1) is 0 Å². The van der Waals surface area contributed by atoms with Crippen LogP contribution in [0, 0.1) is 0 Å². The van der Waals surface area contributed by atoms with E-state index in [4.69, 9.17) is 20.4 Å². The van der Waals surface area contributed by atoms with Gasteiger partial charge in [0.05, 0.1) is 19.8 Å². The molecule has 0 unspecified atom stereocenters. The minimum atomic E-state index is -0.769. The zero-order chi connectivity index (χ0) is 12.4. The fourth-order valence-corrected chi connectivity index (χ4v) is 1.94. The highest BCUT2D eigenvalue weighted by Crippen LogP contribution is 2.23. The van der Waals surface area contributed by atoms with Crippen molar-refractivity contribution in [1.82, 2.24) is 4.90 Å². The lowest BCUT2D eigenvalue weighted by Gasteiger charge is -2.42. The summed E-state index contributed by atoms with van der Waals surface area (Å²) in [6.07, 6.45) is 0.591. The Hall–Kier alpha value is -0.240. The van der Waals surface area contributed by atoms with Crippen LogP contribution < -0.4 is 0 Å². The van der Waals surface area contributed by atoms with E-state index in [2.05, 4.69) is 0 Å². The van der Waals surface area contributed by atoms with Crippen molar-refractivity contribution in [3.63, 3.8) is 0 Å². The molecule has 0 rings (SSSR count). The quantitative estimate of drug-likeness (QED) is 0.294. The topological polar surface area (TPSA) is 104 Å². The Balaban J connectivity index is 4.73. The van der Waals surface area contributed by atoms with E-state index in [9.17, 15) is 5.11 Å². The molecule has 5 N–H and O–H groups in total. The van der Waals surface area contributed by atoms with Crippen LogP contribution in [-0.4, -0.2) is 82.1 Å². The first kappa shape index (κ1) is 15.8. The Kier molecular flexibility index (Phi) is 8.73. The molecular formula is C10H23NO5. The highest BCUT2D eigenvalue weighted by Gasteiger charge is 2.34. The number of rotatable bonds is 10. The second-order valence-corrected chi connectivity index (χ2v) is 3.76. The van der Waals surface area contributed by atoms with Gasteiger partial charge < -0.3 is 25.5 Å². The summed E-state index contributed by atoms with van der Waals surface area (Å²) in [7, 11) is 0. The van der Waals surface area contributed by atoms with Crippen molar-refractivity contribution in [1.29, 1.82) is 0 Å². The zero-order valence-corrected chi connectivity index (χ0v) is 9.55. The van der Waals surface area contributed by atoms with E-state index >= 15 is 0 Å². The number of hydrogen-bond donors (Lipinski definition) is 5.